The lowest BCUT2D eigenvalue weighted by Gasteiger charge is -2.40. The number of nitrogens with zero attached hydrogens (tertiary/aromatic N) is 3. The van der Waals surface area contributed by atoms with Crippen molar-refractivity contribution in [3.63, 3.8) is 0 Å². The molecule has 1 aromatic heterocycles. The van der Waals surface area contributed by atoms with Crippen LogP contribution in [0.5, 0.6) is 0 Å². The van der Waals surface area contributed by atoms with Gasteiger partial charge >= 0.3 is 0 Å². The summed E-state index contributed by atoms with van der Waals surface area (Å²) in [7, 11) is 1.79. The number of rotatable bonds is 4. The summed E-state index contributed by atoms with van der Waals surface area (Å²) in [5.41, 5.74) is 5.33. The van der Waals surface area contributed by atoms with Crippen LogP contribution in [0.4, 0.5) is 8.78 Å². The number of aromatic nitrogens is 2. The van der Waals surface area contributed by atoms with Crippen LogP contribution in [0.1, 0.15) is 35.0 Å². The van der Waals surface area contributed by atoms with Crippen LogP contribution >= 0.6 is 0 Å². The molecular formula is C25H29F2N3O. The average molecular weight is 426 g/mol. The number of hydrogen-bond donors (Lipinski definition) is 0. The number of methoxy groups -OCH3 is 1. The molecule has 0 amide bonds. The summed E-state index contributed by atoms with van der Waals surface area (Å²) in [5.74, 6) is -0.0593. The van der Waals surface area contributed by atoms with Gasteiger partial charge in [0.05, 0.1) is 23.2 Å². The topological polar surface area (TPSA) is 30.3 Å². The largest absolute Gasteiger partial charge is 0.378 e. The third kappa shape index (κ3) is 3.76. The smallest absolute Gasteiger partial charge is 0.159 e. The molecule has 164 valence electrons. The van der Waals surface area contributed by atoms with Gasteiger partial charge in [-0.2, -0.15) is 0 Å². The summed E-state index contributed by atoms with van der Waals surface area (Å²) in [6.07, 6.45) is 2.69. The van der Waals surface area contributed by atoms with Crippen LogP contribution in [0.25, 0.3) is 11.0 Å². The predicted molar refractivity (Wildman–Crippen MR) is 117 cm³/mol. The highest BCUT2D eigenvalue weighted by atomic mass is 19.2. The number of aryl methyl sites for hydroxylation is 2. The Kier molecular flexibility index (Phi) is 5.30. The molecule has 1 fully saturated rings. The normalized spacial score (nSPS) is 22.4. The number of benzene rings is 2. The van der Waals surface area contributed by atoms with Gasteiger partial charge in [0.25, 0.3) is 0 Å². The Hall–Kier alpha value is -2.31. The lowest BCUT2D eigenvalue weighted by atomic mass is 9.98. The molecule has 31 heavy (non-hydrogen) atoms. The Labute approximate surface area is 181 Å². The van der Waals surface area contributed by atoms with Gasteiger partial charge in [-0.1, -0.05) is 6.07 Å². The van der Waals surface area contributed by atoms with Crippen LogP contribution < -0.4 is 0 Å². The van der Waals surface area contributed by atoms with Gasteiger partial charge in [0.15, 0.2) is 11.6 Å². The Bertz CT molecular complexity index is 1090. The Balaban J connectivity index is 1.30. The molecule has 1 aliphatic heterocycles. The highest BCUT2D eigenvalue weighted by Crippen LogP contribution is 2.33. The molecule has 0 N–H and O–H groups in total. The van der Waals surface area contributed by atoms with Crippen LogP contribution in [0.3, 0.4) is 0 Å². The summed E-state index contributed by atoms with van der Waals surface area (Å²) in [6.45, 7) is 6.91. The minimum absolute atomic E-state index is 0.0739. The highest BCUT2D eigenvalue weighted by molar-refractivity contribution is 5.77. The van der Waals surface area contributed by atoms with Crippen molar-refractivity contribution in [3.05, 3.63) is 64.5 Å². The quantitative estimate of drug-likeness (QED) is 0.612. The second-order valence-corrected chi connectivity index (χ2v) is 9.22. The second kappa shape index (κ2) is 7.99. The van der Waals surface area contributed by atoms with Crippen LogP contribution in [0, 0.1) is 31.4 Å². The maximum Gasteiger partial charge on any atom is 0.159 e. The van der Waals surface area contributed by atoms with E-state index in [4.69, 9.17) is 9.72 Å². The molecule has 6 heteroatoms. The van der Waals surface area contributed by atoms with Crippen molar-refractivity contribution < 1.29 is 13.5 Å². The maximum atomic E-state index is 13.6. The van der Waals surface area contributed by atoms with Gasteiger partial charge in [-0.25, -0.2) is 13.8 Å². The molecule has 0 unspecified atom stereocenters. The first-order valence-electron chi connectivity index (χ1n) is 11.1. The second-order valence-electron chi connectivity index (χ2n) is 9.22. The van der Waals surface area contributed by atoms with Gasteiger partial charge in [-0.3, -0.25) is 0 Å². The van der Waals surface area contributed by atoms with E-state index in [9.17, 15) is 8.78 Å². The summed E-state index contributed by atoms with van der Waals surface area (Å²) in [6, 6.07) is 9.45. The first kappa shape index (κ1) is 20.6. The fraction of sp³-hybridized carbons (Fsp3) is 0.480. The van der Waals surface area contributed by atoms with Crippen molar-refractivity contribution >= 4 is 11.0 Å². The fourth-order valence-electron chi connectivity index (χ4n) is 5.61. The lowest BCUT2D eigenvalue weighted by Crippen LogP contribution is -2.47. The SMILES string of the molecule is CO[C@H]1CN(CC2Cc3cc(F)c(F)cc3C2)CC[C@@H]1n1c(C)nc2cc(C)ccc21. The van der Waals surface area contributed by atoms with Crippen molar-refractivity contribution in [2.45, 2.75) is 45.3 Å². The third-order valence-corrected chi connectivity index (χ3v) is 7.04. The van der Waals surface area contributed by atoms with Crippen molar-refractivity contribution in [1.82, 2.24) is 14.5 Å². The first-order chi connectivity index (χ1) is 14.9. The molecule has 3 aromatic rings. The highest BCUT2D eigenvalue weighted by Gasteiger charge is 2.34. The predicted octanol–water partition coefficient (Wildman–Crippen LogP) is 4.61. The lowest BCUT2D eigenvalue weighted by molar-refractivity contribution is -0.00928. The first-order valence-corrected chi connectivity index (χ1v) is 11.1. The Morgan fingerprint density at radius 2 is 1.77 bits per heavy atom. The molecule has 0 saturated carbocycles. The molecule has 2 atom stereocenters. The summed E-state index contributed by atoms with van der Waals surface area (Å²) < 4.78 is 35.5. The third-order valence-electron chi connectivity index (χ3n) is 7.04. The standard InChI is InChI=1S/C25H29F2N3O/c1-15-4-5-23-22(8-15)28-16(2)30(23)24-6-7-29(14-25(24)31-3)13-17-9-18-11-20(26)21(27)12-19(18)10-17/h4-5,8,11-12,17,24-25H,6-7,9-10,13-14H2,1-3H3/t24-,25-/m0/s1. The maximum absolute atomic E-state index is 13.6. The van der Waals surface area contributed by atoms with E-state index in [2.05, 4.69) is 41.5 Å². The molecule has 2 heterocycles. The molecule has 0 bridgehead atoms. The van der Waals surface area contributed by atoms with E-state index in [0.29, 0.717) is 5.92 Å². The van der Waals surface area contributed by atoms with E-state index in [1.807, 2.05) is 0 Å². The zero-order valence-corrected chi connectivity index (χ0v) is 18.4. The molecule has 1 saturated heterocycles. The molecule has 0 radical (unpaired) electrons. The number of likely N-dealkylation sites (tertiary alicyclic amines) is 1. The average Bonchev–Trinajstić information content (AvgIpc) is 3.26. The van der Waals surface area contributed by atoms with Gasteiger partial charge in [-0.15, -0.1) is 0 Å². The molecule has 1 aliphatic carbocycles. The van der Waals surface area contributed by atoms with Gasteiger partial charge in [0.2, 0.25) is 0 Å². The Morgan fingerprint density at radius 1 is 1.06 bits per heavy atom. The zero-order valence-electron chi connectivity index (χ0n) is 18.4. The number of piperidine rings is 1. The number of imidazole rings is 1. The van der Waals surface area contributed by atoms with Gasteiger partial charge < -0.3 is 14.2 Å². The number of hydrogen-bond acceptors (Lipinski definition) is 3. The van der Waals surface area contributed by atoms with E-state index in [0.717, 1.165) is 61.4 Å². The van der Waals surface area contributed by atoms with Crippen molar-refractivity contribution in [2.24, 2.45) is 5.92 Å². The molecular weight excluding hydrogens is 396 g/mol. The van der Waals surface area contributed by atoms with Crippen LogP contribution in [0.15, 0.2) is 30.3 Å². The Morgan fingerprint density at radius 3 is 2.45 bits per heavy atom. The van der Waals surface area contributed by atoms with E-state index >= 15 is 0 Å². The molecule has 5 rings (SSSR count). The number of ether oxygens (including phenoxy) is 1. The fourth-order valence-corrected chi connectivity index (χ4v) is 5.61. The number of halogens is 2. The van der Waals surface area contributed by atoms with E-state index in [-0.39, 0.29) is 12.1 Å². The van der Waals surface area contributed by atoms with Gasteiger partial charge in [0.1, 0.15) is 5.82 Å². The van der Waals surface area contributed by atoms with E-state index in [1.165, 1.54) is 23.2 Å². The van der Waals surface area contributed by atoms with E-state index in [1.54, 1.807) is 7.11 Å². The summed E-state index contributed by atoms with van der Waals surface area (Å²) >= 11 is 0. The minimum atomic E-state index is -0.738. The number of fused-ring (bicyclic) bond motifs is 2. The van der Waals surface area contributed by atoms with Crippen LogP contribution in [0.2, 0.25) is 0 Å². The van der Waals surface area contributed by atoms with E-state index < -0.39 is 11.6 Å². The monoisotopic (exact) mass is 425 g/mol. The molecule has 2 aliphatic rings. The van der Waals surface area contributed by atoms with Crippen molar-refractivity contribution in [1.29, 1.82) is 0 Å². The van der Waals surface area contributed by atoms with Crippen molar-refractivity contribution in [3.8, 4) is 0 Å². The summed E-state index contributed by atoms with van der Waals surface area (Å²) in [4.78, 5) is 7.24. The zero-order chi connectivity index (χ0) is 21.7. The molecule has 4 nitrogen and oxygen atoms in total. The molecule has 2 aromatic carbocycles. The summed E-state index contributed by atoms with van der Waals surface area (Å²) in [5, 5.41) is 0. The van der Waals surface area contributed by atoms with Gasteiger partial charge in [-0.05, 0) is 80.0 Å². The molecule has 0 spiro atoms. The van der Waals surface area contributed by atoms with Crippen LogP contribution in [-0.2, 0) is 17.6 Å². The van der Waals surface area contributed by atoms with Crippen molar-refractivity contribution in [2.75, 3.05) is 26.7 Å². The van der Waals surface area contributed by atoms with Crippen LogP contribution in [-0.4, -0.2) is 47.3 Å². The minimum Gasteiger partial charge on any atom is -0.378 e. The van der Waals surface area contributed by atoms with Gasteiger partial charge in [0, 0.05) is 26.7 Å².